The molecule has 0 radical (unpaired) electrons. The van der Waals surface area contributed by atoms with E-state index >= 15 is 0 Å². The number of benzene rings is 1. The summed E-state index contributed by atoms with van der Waals surface area (Å²) in [7, 11) is 0. The van der Waals surface area contributed by atoms with Crippen molar-refractivity contribution in [3.05, 3.63) is 53.4 Å². The number of amides is 4. The van der Waals surface area contributed by atoms with Gasteiger partial charge < -0.3 is 9.32 Å². The van der Waals surface area contributed by atoms with Crippen LogP contribution in [0.25, 0.3) is 0 Å². The van der Waals surface area contributed by atoms with E-state index in [2.05, 4.69) is 0 Å². The number of carbonyl (C=O) groups is 3. The molecule has 1 aromatic carbocycles. The highest BCUT2D eigenvalue weighted by Gasteiger charge is 2.37. The number of hydrogen-bond donors (Lipinski definition) is 0. The molecule has 1 aliphatic heterocycles. The summed E-state index contributed by atoms with van der Waals surface area (Å²) in [6.07, 6.45) is 1.51. The second-order valence-corrected chi connectivity index (χ2v) is 6.20. The van der Waals surface area contributed by atoms with E-state index in [1.54, 1.807) is 43.3 Å². The molecule has 0 N–H and O–H groups in total. The maximum atomic E-state index is 13.0. The topological polar surface area (TPSA) is 74.1 Å². The quantitative estimate of drug-likeness (QED) is 0.770. The molecular weight excluding hydrogens is 358 g/mol. The van der Waals surface area contributed by atoms with Crippen molar-refractivity contribution in [1.82, 2.24) is 9.80 Å². The lowest BCUT2D eigenvalue weighted by molar-refractivity contribution is -0.153. The minimum absolute atomic E-state index is 0.128. The lowest BCUT2D eigenvalue weighted by atomic mass is 10.2. The summed E-state index contributed by atoms with van der Waals surface area (Å²) in [6, 6.07) is 9.54. The molecule has 1 aliphatic rings. The van der Waals surface area contributed by atoms with Crippen LogP contribution in [-0.4, -0.2) is 47.3 Å². The molecule has 26 heavy (non-hydrogen) atoms. The number of likely N-dealkylation sites (N-methyl/N-ethyl adjacent to an activating group) is 1. The Kier molecular flexibility index (Phi) is 5.27. The fraction of sp³-hybridized carbons (Fsp3) is 0.278. The van der Waals surface area contributed by atoms with Crippen molar-refractivity contribution in [2.75, 3.05) is 24.5 Å². The summed E-state index contributed by atoms with van der Waals surface area (Å²) in [5.41, 5.74) is 0.550. The third-order valence-electron chi connectivity index (χ3n) is 4.18. The zero-order valence-electron chi connectivity index (χ0n) is 14.2. The number of carbonyl (C=O) groups excluding carboxylic acids is 3. The molecule has 0 spiro atoms. The van der Waals surface area contributed by atoms with Gasteiger partial charge in [-0.25, -0.2) is 4.79 Å². The van der Waals surface area contributed by atoms with Crippen LogP contribution in [0.4, 0.5) is 10.5 Å². The van der Waals surface area contributed by atoms with Gasteiger partial charge in [0.2, 0.25) is 0 Å². The van der Waals surface area contributed by atoms with Gasteiger partial charge in [0.25, 0.3) is 0 Å². The largest absolute Gasteiger partial charge is 0.467 e. The molecule has 0 aliphatic carbocycles. The summed E-state index contributed by atoms with van der Waals surface area (Å²) in [5.74, 6) is -0.929. The van der Waals surface area contributed by atoms with Gasteiger partial charge in [-0.3, -0.25) is 19.4 Å². The minimum atomic E-state index is -0.818. The fourth-order valence-corrected chi connectivity index (χ4v) is 2.88. The molecule has 1 saturated heterocycles. The average Bonchev–Trinajstić information content (AvgIpc) is 3.15. The van der Waals surface area contributed by atoms with Crippen LogP contribution in [0.2, 0.25) is 5.02 Å². The lowest BCUT2D eigenvalue weighted by Crippen LogP contribution is -2.58. The second kappa shape index (κ2) is 7.61. The van der Waals surface area contributed by atoms with E-state index in [-0.39, 0.29) is 13.1 Å². The van der Waals surface area contributed by atoms with Gasteiger partial charge in [0, 0.05) is 30.3 Å². The highest BCUT2D eigenvalue weighted by Crippen LogP contribution is 2.23. The summed E-state index contributed by atoms with van der Waals surface area (Å²) in [5, 5.41) is 0.530. The van der Waals surface area contributed by atoms with Gasteiger partial charge in [-0.2, -0.15) is 0 Å². The zero-order chi connectivity index (χ0) is 18.7. The van der Waals surface area contributed by atoms with Crippen molar-refractivity contribution in [3.8, 4) is 0 Å². The van der Waals surface area contributed by atoms with Crippen LogP contribution in [0.1, 0.15) is 12.7 Å². The van der Waals surface area contributed by atoms with Crippen LogP contribution in [0.5, 0.6) is 0 Å². The van der Waals surface area contributed by atoms with Crippen molar-refractivity contribution in [1.29, 1.82) is 0 Å². The first-order chi connectivity index (χ1) is 12.5. The molecule has 136 valence electrons. The molecule has 0 saturated carbocycles. The van der Waals surface area contributed by atoms with E-state index in [4.69, 9.17) is 16.0 Å². The van der Waals surface area contributed by atoms with Crippen LogP contribution in [0, 0.1) is 0 Å². The van der Waals surface area contributed by atoms with Crippen LogP contribution >= 0.6 is 11.6 Å². The molecule has 7 nitrogen and oxygen atoms in total. The molecule has 1 fully saturated rings. The predicted octanol–water partition coefficient (Wildman–Crippen LogP) is 2.75. The third-order valence-corrected chi connectivity index (χ3v) is 4.44. The smallest absolute Gasteiger partial charge is 0.332 e. The Morgan fingerprint density at radius 2 is 1.88 bits per heavy atom. The zero-order valence-corrected chi connectivity index (χ0v) is 15.0. The SMILES string of the molecule is CCN1CCN(C(=O)N(Cc2ccco2)c2ccc(Cl)cc2)C(=O)C1=O. The number of halogens is 1. The summed E-state index contributed by atoms with van der Waals surface area (Å²) in [6.45, 7) is 2.82. The standard InChI is InChI=1S/C18H18ClN3O4/c1-2-20-9-10-21(17(24)16(20)23)18(25)22(12-15-4-3-11-26-15)14-7-5-13(19)6-8-14/h3-8,11H,2,9-10,12H2,1H3. The third kappa shape index (κ3) is 3.57. The first-order valence-electron chi connectivity index (χ1n) is 8.21. The van der Waals surface area contributed by atoms with Crippen molar-refractivity contribution in [2.24, 2.45) is 0 Å². The van der Waals surface area contributed by atoms with Crippen LogP contribution in [0.15, 0.2) is 47.1 Å². The molecule has 1 aromatic heterocycles. The van der Waals surface area contributed by atoms with Crippen molar-refractivity contribution < 1.29 is 18.8 Å². The highest BCUT2D eigenvalue weighted by atomic mass is 35.5. The Morgan fingerprint density at radius 3 is 2.50 bits per heavy atom. The molecule has 8 heteroatoms. The number of anilines is 1. The van der Waals surface area contributed by atoms with E-state index in [1.165, 1.54) is 16.1 Å². The number of urea groups is 1. The summed E-state index contributed by atoms with van der Waals surface area (Å²) < 4.78 is 5.33. The van der Waals surface area contributed by atoms with Crippen LogP contribution in [-0.2, 0) is 16.1 Å². The van der Waals surface area contributed by atoms with E-state index < -0.39 is 17.8 Å². The highest BCUT2D eigenvalue weighted by molar-refractivity contribution is 6.38. The van der Waals surface area contributed by atoms with Gasteiger partial charge in [0.05, 0.1) is 12.8 Å². The van der Waals surface area contributed by atoms with Gasteiger partial charge in [0.15, 0.2) is 0 Å². The van der Waals surface area contributed by atoms with Gasteiger partial charge in [-0.05, 0) is 43.3 Å². The molecule has 4 amide bonds. The lowest BCUT2D eigenvalue weighted by Gasteiger charge is -2.34. The molecule has 2 aromatic rings. The number of rotatable bonds is 4. The summed E-state index contributed by atoms with van der Waals surface area (Å²) in [4.78, 5) is 41.3. The van der Waals surface area contributed by atoms with E-state index in [9.17, 15) is 14.4 Å². The predicted molar refractivity (Wildman–Crippen MR) is 95.7 cm³/mol. The second-order valence-electron chi connectivity index (χ2n) is 5.77. The monoisotopic (exact) mass is 375 g/mol. The number of nitrogens with zero attached hydrogens (tertiary/aromatic N) is 3. The first-order valence-corrected chi connectivity index (χ1v) is 8.59. The maximum Gasteiger partial charge on any atom is 0.332 e. The van der Waals surface area contributed by atoms with Crippen molar-refractivity contribution >= 4 is 35.1 Å². The molecular formula is C18H18ClN3O4. The number of hydrogen-bond acceptors (Lipinski definition) is 4. The van der Waals surface area contributed by atoms with Crippen molar-refractivity contribution in [3.63, 3.8) is 0 Å². The number of piperazine rings is 1. The maximum absolute atomic E-state index is 13.0. The minimum Gasteiger partial charge on any atom is -0.467 e. The van der Waals surface area contributed by atoms with Crippen molar-refractivity contribution in [2.45, 2.75) is 13.5 Å². The summed E-state index contributed by atoms with van der Waals surface area (Å²) >= 11 is 5.92. The first kappa shape index (κ1) is 18.0. The fourth-order valence-electron chi connectivity index (χ4n) is 2.75. The van der Waals surface area contributed by atoms with E-state index in [0.29, 0.717) is 29.6 Å². The normalized spacial score (nSPS) is 14.7. The molecule has 0 unspecified atom stereocenters. The van der Waals surface area contributed by atoms with Crippen LogP contribution < -0.4 is 4.90 Å². The Balaban J connectivity index is 1.88. The Bertz CT molecular complexity index is 804. The Morgan fingerprint density at radius 1 is 1.15 bits per heavy atom. The van der Waals surface area contributed by atoms with Crippen LogP contribution in [0.3, 0.4) is 0 Å². The molecule has 0 bridgehead atoms. The van der Waals surface area contributed by atoms with E-state index in [0.717, 1.165) is 4.90 Å². The number of furan rings is 1. The molecule has 0 atom stereocenters. The average molecular weight is 376 g/mol. The molecule has 3 rings (SSSR count). The van der Waals surface area contributed by atoms with Gasteiger partial charge in [-0.15, -0.1) is 0 Å². The Labute approximate surface area is 155 Å². The van der Waals surface area contributed by atoms with Gasteiger partial charge >= 0.3 is 17.8 Å². The van der Waals surface area contributed by atoms with E-state index in [1.807, 2.05) is 0 Å². The molecule has 2 heterocycles. The number of imide groups is 1. The van der Waals surface area contributed by atoms with Gasteiger partial charge in [-0.1, -0.05) is 11.6 Å². The Hall–Kier alpha value is -2.80. The van der Waals surface area contributed by atoms with Gasteiger partial charge in [0.1, 0.15) is 5.76 Å².